The van der Waals surface area contributed by atoms with Crippen LogP contribution >= 0.6 is 0 Å². The number of anilines is 1. The SMILES string of the molecule is O=C1C(=O)N(CN2CCN(CCc3ccccc3)CC2)c2ccccc21. The second kappa shape index (κ2) is 7.40. The van der Waals surface area contributed by atoms with E-state index in [1.54, 1.807) is 17.0 Å². The highest BCUT2D eigenvalue weighted by Crippen LogP contribution is 2.28. The molecule has 2 heterocycles. The number of fused-ring (bicyclic) bond motifs is 1. The van der Waals surface area contributed by atoms with Gasteiger partial charge in [0.25, 0.3) is 5.78 Å². The van der Waals surface area contributed by atoms with Crippen molar-refractivity contribution in [3.05, 3.63) is 65.7 Å². The summed E-state index contributed by atoms with van der Waals surface area (Å²) >= 11 is 0. The number of nitrogens with zero attached hydrogens (tertiary/aromatic N) is 3. The van der Waals surface area contributed by atoms with Crippen LogP contribution in [0.3, 0.4) is 0 Å². The van der Waals surface area contributed by atoms with E-state index in [4.69, 9.17) is 0 Å². The van der Waals surface area contributed by atoms with E-state index in [-0.39, 0.29) is 5.78 Å². The molecule has 0 unspecified atom stereocenters. The molecular weight excluding hydrogens is 326 g/mol. The maximum absolute atomic E-state index is 12.3. The van der Waals surface area contributed by atoms with Gasteiger partial charge in [-0.15, -0.1) is 0 Å². The molecular formula is C21H23N3O2. The first-order valence-corrected chi connectivity index (χ1v) is 9.16. The van der Waals surface area contributed by atoms with Crippen molar-refractivity contribution >= 4 is 17.4 Å². The maximum atomic E-state index is 12.3. The lowest BCUT2D eigenvalue weighted by Crippen LogP contribution is -2.51. The molecule has 0 atom stereocenters. The van der Waals surface area contributed by atoms with Gasteiger partial charge >= 0.3 is 5.91 Å². The lowest BCUT2D eigenvalue weighted by Gasteiger charge is -2.36. The van der Waals surface area contributed by atoms with E-state index >= 15 is 0 Å². The molecule has 1 saturated heterocycles. The average molecular weight is 349 g/mol. The molecule has 5 nitrogen and oxygen atoms in total. The highest BCUT2D eigenvalue weighted by Gasteiger charge is 2.36. The predicted octanol–water partition coefficient (Wildman–Crippen LogP) is 2.03. The molecule has 134 valence electrons. The number of Topliss-reactive ketones (excluding diaryl/α,β-unsaturated/α-hetero) is 1. The van der Waals surface area contributed by atoms with Crippen LogP contribution in [0.25, 0.3) is 0 Å². The van der Waals surface area contributed by atoms with Gasteiger partial charge in [-0.25, -0.2) is 0 Å². The summed E-state index contributed by atoms with van der Waals surface area (Å²) in [6.07, 6.45) is 1.06. The van der Waals surface area contributed by atoms with Gasteiger partial charge < -0.3 is 4.90 Å². The first kappa shape index (κ1) is 16.9. The van der Waals surface area contributed by atoms with Crippen LogP contribution in [0.15, 0.2) is 54.6 Å². The van der Waals surface area contributed by atoms with Crippen molar-refractivity contribution in [2.75, 3.05) is 44.3 Å². The zero-order valence-corrected chi connectivity index (χ0v) is 14.8. The number of benzene rings is 2. The highest BCUT2D eigenvalue weighted by molar-refractivity contribution is 6.52. The minimum Gasteiger partial charge on any atom is -0.300 e. The summed E-state index contributed by atoms with van der Waals surface area (Å²) in [6, 6.07) is 17.8. The normalized spacial score (nSPS) is 18.4. The number of hydrogen-bond acceptors (Lipinski definition) is 4. The molecule has 0 saturated carbocycles. The predicted molar refractivity (Wildman–Crippen MR) is 101 cm³/mol. The van der Waals surface area contributed by atoms with Crippen molar-refractivity contribution in [2.45, 2.75) is 6.42 Å². The van der Waals surface area contributed by atoms with Crippen molar-refractivity contribution in [2.24, 2.45) is 0 Å². The summed E-state index contributed by atoms with van der Waals surface area (Å²) < 4.78 is 0. The molecule has 1 fully saturated rings. The van der Waals surface area contributed by atoms with Gasteiger partial charge in [0.2, 0.25) is 0 Å². The Balaban J connectivity index is 1.30. The Hall–Kier alpha value is -2.50. The first-order valence-electron chi connectivity index (χ1n) is 9.16. The largest absolute Gasteiger partial charge is 0.300 e. The van der Waals surface area contributed by atoms with Crippen LogP contribution in [-0.4, -0.2) is 60.9 Å². The van der Waals surface area contributed by atoms with Gasteiger partial charge in [-0.05, 0) is 24.1 Å². The van der Waals surface area contributed by atoms with E-state index in [1.165, 1.54) is 5.56 Å². The average Bonchev–Trinajstić information content (AvgIpc) is 2.93. The maximum Gasteiger partial charge on any atom is 0.300 e. The molecule has 2 aliphatic rings. The van der Waals surface area contributed by atoms with Gasteiger partial charge in [0, 0.05) is 32.7 Å². The van der Waals surface area contributed by atoms with Crippen LogP contribution in [0.2, 0.25) is 0 Å². The first-order chi connectivity index (χ1) is 12.7. The standard InChI is InChI=1S/C21H23N3O2/c25-20-18-8-4-5-9-19(18)24(21(20)26)16-23-14-12-22(13-15-23)11-10-17-6-2-1-3-7-17/h1-9H,10-16H2. The van der Waals surface area contributed by atoms with Crippen LogP contribution in [0.5, 0.6) is 0 Å². The van der Waals surface area contributed by atoms with Crippen LogP contribution < -0.4 is 4.90 Å². The number of ketones is 1. The quantitative estimate of drug-likeness (QED) is 0.775. The van der Waals surface area contributed by atoms with Gasteiger partial charge in [-0.3, -0.25) is 19.4 Å². The van der Waals surface area contributed by atoms with Crippen molar-refractivity contribution < 1.29 is 9.59 Å². The Labute approximate surface area is 153 Å². The van der Waals surface area contributed by atoms with Crippen molar-refractivity contribution in [3.8, 4) is 0 Å². The molecule has 0 aromatic heterocycles. The Morgan fingerprint density at radius 2 is 1.42 bits per heavy atom. The van der Waals surface area contributed by atoms with Crippen molar-refractivity contribution in [1.82, 2.24) is 9.80 Å². The Bertz CT molecular complexity index is 798. The third-order valence-electron chi connectivity index (χ3n) is 5.24. The third-order valence-corrected chi connectivity index (χ3v) is 5.24. The summed E-state index contributed by atoms with van der Waals surface area (Å²) in [7, 11) is 0. The molecule has 0 bridgehead atoms. The third kappa shape index (κ3) is 3.41. The summed E-state index contributed by atoms with van der Waals surface area (Å²) in [6.45, 7) is 5.36. The van der Waals surface area contributed by atoms with E-state index in [0.717, 1.165) is 44.8 Å². The van der Waals surface area contributed by atoms with E-state index in [0.29, 0.717) is 12.2 Å². The van der Waals surface area contributed by atoms with Gasteiger partial charge in [0.15, 0.2) is 0 Å². The number of rotatable bonds is 5. The fourth-order valence-electron chi connectivity index (χ4n) is 3.67. The summed E-state index contributed by atoms with van der Waals surface area (Å²) in [5, 5.41) is 0. The Morgan fingerprint density at radius 1 is 0.769 bits per heavy atom. The van der Waals surface area contributed by atoms with Crippen molar-refractivity contribution in [3.63, 3.8) is 0 Å². The minimum absolute atomic E-state index is 0.387. The summed E-state index contributed by atoms with van der Waals surface area (Å²) in [5.74, 6) is -0.792. The number of piperazine rings is 1. The Morgan fingerprint density at radius 3 is 2.19 bits per heavy atom. The van der Waals surface area contributed by atoms with E-state index in [9.17, 15) is 9.59 Å². The fourth-order valence-corrected chi connectivity index (χ4v) is 3.67. The molecule has 2 aliphatic heterocycles. The van der Waals surface area contributed by atoms with Crippen LogP contribution in [-0.2, 0) is 11.2 Å². The number of carbonyl (C=O) groups is 2. The lowest BCUT2D eigenvalue weighted by molar-refractivity contribution is -0.114. The molecule has 0 N–H and O–H groups in total. The number of para-hydroxylation sites is 1. The van der Waals surface area contributed by atoms with Gasteiger partial charge in [-0.1, -0.05) is 42.5 Å². The molecule has 2 aromatic rings. The summed E-state index contributed by atoms with van der Waals surface area (Å²) in [5.41, 5.74) is 2.64. The topological polar surface area (TPSA) is 43.9 Å². The van der Waals surface area contributed by atoms with E-state index < -0.39 is 5.91 Å². The molecule has 2 aromatic carbocycles. The number of hydrogen-bond donors (Lipinski definition) is 0. The Kier molecular flexibility index (Phi) is 4.82. The van der Waals surface area contributed by atoms with Crippen LogP contribution in [0.4, 0.5) is 5.69 Å². The van der Waals surface area contributed by atoms with Crippen LogP contribution in [0, 0.1) is 0 Å². The number of amides is 1. The molecule has 5 heteroatoms. The fraction of sp³-hybridized carbons (Fsp3) is 0.333. The van der Waals surface area contributed by atoms with Gasteiger partial charge in [0.05, 0.1) is 17.9 Å². The van der Waals surface area contributed by atoms with Crippen LogP contribution in [0.1, 0.15) is 15.9 Å². The molecule has 1 amide bonds. The van der Waals surface area contributed by atoms with Gasteiger partial charge in [0.1, 0.15) is 0 Å². The second-order valence-electron chi connectivity index (χ2n) is 6.92. The zero-order chi connectivity index (χ0) is 17.9. The van der Waals surface area contributed by atoms with Gasteiger partial charge in [-0.2, -0.15) is 0 Å². The summed E-state index contributed by atoms with van der Waals surface area (Å²) in [4.78, 5) is 30.7. The smallest absolute Gasteiger partial charge is 0.300 e. The highest BCUT2D eigenvalue weighted by atomic mass is 16.2. The number of carbonyl (C=O) groups excluding carboxylic acids is 2. The van der Waals surface area contributed by atoms with E-state index in [2.05, 4.69) is 34.1 Å². The monoisotopic (exact) mass is 349 g/mol. The minimum atomic E-state index is -0.405. The lowest BCUT2D eigenvalue weighted by atomic mass is 10.1. The van der Waals surface area contributed by atoms with E-state index in [1.807, 2.05) is 18.2 Å². The molecule has 26 heavy (non-hydrogen) atoms. The molecule has 0 spiro atoms. The van der Waals surface area contributed by atoms with Crippen molar-refractivity contribution in [1.29, 1.82) is 0 Å². The molecule has 0 radical (unpaired) electrons. The second-order valence-corrected chi connectivity index (χ2v) is 6.92. The molecule has 0 aliphatic carbocycles. The molecule has 4 rings (SSSR count). The zero-order valence-electron chi connectivity index (χ0n) is 14.8.